The van der Waals surface area contributed by atoms with Crippen molar-refractivity contribution in [1.29, 1.82) is 0 Å². The van der Waals surface area contributed by atoms with Crippen molar-refractivity contribution in [3.63, 3.8) is 0 Å². The molecule has 3 rings (SSSR count). The molecule has 2 aromatic carbocycles. The molecule has 1 aliphatic rings. The number of fused-ring (bicyclic) bond motifs is 1. The highest BCUT2D eigenvalue weighted by molar-refractivity contribution is 9.10. The summed E-state index contributed by atoms with van der Waals surface area (Å²) in [6.07, 6.45) is 1.72. The van der Waals surface area contributed by atoms with Crippen LogP contribution in [-0.2, 0) is 12.8 Å². The highest BCUT2D eigenvalue weighted by Gasteiger charge is 2.22. The average molecular weight is 324 g/mol. The molecule has 0 atom stereocenters. The molecule has 0 spiro atoms. The summed E-state index contributed by atoms with van der Waals surface area (Å²) in [6.45, 7) is 0. The zero-order valence-corrected chi connectivity index (χ0v) is 11.7. The second-order valence-electron chi connectivity index (χ2n) is 4.76. The molecular formula is C15H12BrF2N. The molecular weight excluding hydrogens is 312 g/mol. The van der Waals surface area contributed by atoms with Crippen LogP contribution in [0.2, 0.25) is 0 Å². The van der Waals surface area contributed by atoms with Gasteiger partial charge in [-0.2, -0.15) is 0 Å². The predicted molar refractivity (Wildman–Crippen MR) is 75.3 cm³/mol. The van der Waals surface area contributed by atoms with E-state index >= 15 is 0 Å². The van der Waals surface area contributed by atoms with Crippen LogP contribution in [0.1, 0.15) is 11.1 Å². The molecule has 1 N–H and O–H groups in total. The molecule has 0 radical (unpaired) electrons. The maximum absolute atomic E-state index is 13.8. The van der Waals surface area contributed by atoms with E-state index in [4.69, 9.17) is 0 Å². The maximum Gasteiger partial charge on any atom is 0.150 e. The summed E-state index contributed by atoms with van der Waals surface area (Å²) in [7, 11) is 0. The quantitative estimate of drug-likeness (QED) is 0.868. The molecule has 0 amide bonds. The normalized spacial score (nSPS) is 14.5. The molecule has 0 fully saturated rings. The van der Waals surface area contributed by atoms with Gasteiger partial charge in [0.2, 0.25) is 0 Å². The number of halogens is 3. The number of benzene rings is 2. The van der Waals surface area contributed by atoms with Crippen LogP contribution in [0.5, 0.6) is 0 Å². The number of hydrogen-bond donors (Lipinski definition) is 1. The lowest BCUT2D eigenvalue weighted by atomic mass is 10.1. The molecule has 1 aliphatic carbocycles. The molecule has 0 unspecified atom stereocenters. The highest BCUT2D eigenvalue weighted by atomic mass is 79.9. The molecule has 0 aromatic heterocycles. The standard InChI is InChI=1S/C15H12BrF2N/c16-13-7-11(17)8-14(18)15(13)19-12-5-9-3-1-2-4-10(9)6-12/h1-4,7-8,12,19H,5-6H2. The van der Waals surface area contributed by atoms with Crippen LogP contribution in [0, 0.1) is 11.6 Å². The molecule has 2 aromatic rings. The van der Waals surface area contributed by atoms with Crippen molar-refractivity contribution in [3.05, 3.63) is 63.6 Å². The van der Waals surface area contributed by atoms with E-state index in [1.807, 2.05) is 12.1 Å². The van der Waals surface area contributed by atoms with Crippen molar-refractivity contribution < 1.29 is 8.78 Å². The van der Waals surface area contributed by atoms with Crippen LogP contribution in [0.25, 0.3) is 0 Å². The predicted octanol–water partition coefficient (Wildman–Crippen LogP) is 4.31. The average Bonchev–Trinajstić information content (AvgIpc) is 2.76. The van der Waals surface area contributed by atoms with Crippen LogP contribution < -0.4 is 5.32 Å². The fourth-order valence-corrected chi connectivity index (χ4v) is 3.07. The number of anilines is 1. The molecule has 0 aliphatic heterocycles. The monoisotopic (exact) mass is 323 g/mol. The zero-order chi connectivity index (χ0) is 13.4. The van der Waals surface area contributed by atoms with Crippen molar-refractivity contribution in [3.8, 4) is 0 Å². The van der Waals surface area contributed by atoms with Gasteiger partial charge in [0.1, 0.15) is 11.6 Å². The summed E-state index contributed by atoms with van der Waals surface area (Å²) in [5, 5.41) is 3.16. The number of hydrogen-bond acceptors (Lipinski definition) is 1. The van der Waals surface area contributed by atoms with Gasteiger partial charge in [0, 0.05) is 16.6 Å². The van der Waals surface area contributed by atoms with Gasteiger partial charge in [-0.15, -0.1) is 0 Å². The van der Waals surface area contributed by atoms with Gasteiger partial charge in [0.15, 0.2) is 0 Å². The first-order chi connectivity index (χ1) is 9.13. The number of nitrogens with one attached hydrogen (secondary N) is 1. The maximum atomic E-state index is 13.8. The van der Waals surface area contributed by atoms with E-state index < -0.39 is 11.6 Å². The van der Waals surface area contributed by atoms with E-state index in [0.29, 0.717) is 10.2 Å². The Bertz CT molecular complexity index is 579. The lowest BCUT2D eigenvalue weighted by molar-refractivity contribution is 0.581. The molecule has 1 nitrogen and oxygen atoms in total. The lowest BCUT2D eigenvalue weighted by Crippen LogP contribution is -2.20. The van der Waals surface area contributed by atoms with Crippen molar-refractivity contribution in [2.24, 2.45) is 0 Å². The van der Waals surface area contributed by atoms with Gasteiger partial charge in [-0.1, -0.05) is 24.3 Å². The Kier molecular flexibility index (Phi) is 3.27. The van der Waals surface area contributed by atoms with Gasteiger partial charge in [-0.05, 0) is 46.0 Å². The van der Waals surface area contributed by atoms with E-state index in [2.05, 4.69) is 33.4 Å². The van der Waals surface area contributed by atoms with Crippen LogP contribution in [0.15, 0.2) is 40.9 Å². The SMILES string of the molecule is Fc1cc(F)c(NC2Cc3ccccc3C2)c(Br)c1. The van der Waals surface area contributed by atoms with Gasteiger partial charge in [-0.3, -0.25) is 0 Å². The van der Waals surface area contributed by atoms with Crippen LogP contribution in [0.4, 0.5) is 14.5 Å². The van der Waals surface area contributed by atoms with Crippen molar-refractivity contribution >= 4 is 21.6 Å². The zero-order valence-electron chi connectivity index (χ0n) is 10.1. The van der Waals surface area contributed by atoms with Crippen LogP contribution in [0.3, 0.4) is 0 Å². The Morgan fingerprint density at radius 2 is 1.68 bits per heavy atom. The molecule has 0 saturated carbocycles. The van der Waals surface area contributed by atoms with Crippen LogP contribution in [-0.4, -0.2) is 6.04 Å². The van der Waals surface area contributed by atoms with Crippen molar-refractivity contribution in [2.45, 2.75) is 18.9 Å². The minimum absolute atomic E-state index is 0.147. The first-order valence-electron chi connectivity index (χ1n) is 6.11. The van der Waals surface area contributed by atoms with Gasteiger partial charge >= 0.3 is 0 Å². The van der Waals surface area contributed by atoms with Gasteiger partial charge in [-0.25, -0.2) is 8.78 Å². The fourth-order valence-electron chi connectivity index (χ4n) is 2.55. The molecule has 19 heavy (non-hydrogen) atoms. The Labute approximate surface area is 118 Å². The fraction of sp³-hybridized carbons (Fsp3) is 0.200. The summed E-state index contributed by atoms with van der Waals surface area (Å²) in [5.41, 5.74) is 2.91. The van der Waals surface area contributed by atoms with E-state index in [9.17, 15) is 8.78 Å². The number of rotatable bonds is 2. The van der Waals surface area contributed by atoms with Crippen LogP contribution >= 0.6 is 15.9 Å². The van der Waals surface area contributed by atoms with Gasteiger partial charge in [0.25, 0.3) is 0 Å². The Morgan fingerprint density at radius 1 is 1.05 bits per heavy atom. The van der Waals surface area contributed by atoms with Crippen molar-refractivity contribution in [2.75, 3.05) is 5.32 Å². The summed E-state index contributed by atoms with van der Waals surface area (Å²) in [5.74, 6) is -1.15. The van der Waals surface area contributed by atoms with E-state index in [0.717, 1.165) is 18.9 Å². The Balaban J connectivity index is 1.82. The molecule has 0 heterocycles. The third kappa shape index (κ3) is 2.50. The smallest absolute Gasteiger partial charge is 0.150 e. The summed E-state index contributed by atoms with van der Waals surface area (Å²) < 4.78 is 27.2. The van der Waals surface area contributed by atoms with E-state index in [1.54, 1.807) is 0 Å². The van der Waals surface area contributed by atoms with Gasteiger partial charge in [0.05, 0.1) is 5.69 Å². The Hall–Kier alpha value is -1.42. The minimum Gasteiger partial charge on any atom is -0.378 e. The van der Waals surface area contributed by atoms with Gasteiger partial charge < -0.3 is 5.32 Å². The lowest BCUT2D eigenvalue weighted by Gasteiger charge is -2.16. The third-order valence-electron chi connectivity index (χ3n) is 3.41. The first kappa shape index (κ1) is 12.6. The molecule has 0 saturated heterocycles. The van der Waals surface area contributed by atoms with E-state index in [1.165, 1.54) is 17.2 Å². The topological polar surface area (TPSA) is 12.0 Å². The third-order valence-corrected chi connectivity index (χ3v) is 4.03. The minimum atomic E-state index is -0.579. The molecule has 98 valence electrons. The second-order valence-corrected chi connectivity index (χ2v) is 5.62. The summed E-state index contributed by atoms with van der Waals surface area (Å²) in [6, 6.07) is 10.5. The van der Waals surface area contributed by atoms with E-state index in [-0.39, 0.29) is 6.04 Å². The summed E-state index contributed by atoms with van der Waals surface area (Å²) >= 11 is 3.20. The largest absolute Gasteiger partial charge is 0.378 e. The molecule has 0 bridgehead atoms. The first-order valence-corrected chi connectivity index (χ1v) is 6.90. The summed E-state index contributed by atoms with van der Waals surface area (Å²) in [4.78, 5) is 0. The Morgan fingerprint density at radius 3 is 2.26 bits per heavy atom. The van der Waals surface area contributed by atoms with Crippen molar-refractivity contribution in [1.82, 2.24) is 0 Å². The second kappa shape index (κ2) is 4.93. The highest BCUT2D eigenvalue weighted by Crippen LogP contribution is 2.30. The molecule has 4 heteroatoms.